The van der Waals surface area contributed by atoms with E-state index in [2.05, 4.69) is 5.32 Å². The first kappa shape index (κ1) is 20.7. The number of amides is 1. The zero-order valence-corrected chi connectivity index (χ0v) is 15.1. The largest absolute Gasteiger partial charge is 0.416 e. The van der Waals surface area contributed by atoms with Crippen LogP contribution in [0.4, 0.5) is 28.9 Å². The molecule has 0 radical (unpaired) electrons. The van der Waals surface area contributed by atoms with E-state index in [4.69, 9.17) is 0 Å². The smallest absolute Gasteiger partial charge is 0.324 e. The van der Waals surface area contributed by atoms with Crippen LogP contribution in [0.5, 0.6) is 0 Å². The average molecular weight is 404 g/mol. The van der Waals surface area contributed by atoms with Gasteiger partial charge >= 0.3 is 6.18 Å². The molecule has 0 aromatic heterocycles. The number of nitrogens with zero attached hydrogens (tertiary/aromatic N) is 1. The first-order valence-corrected chi connectivity index (χ1v) is 9.47. The maximum absolute atomic E-state index is 13.4. The number of rotatable bonds is 5. The van der Waals surface area contributed by atoms with E-state index < -0.39 is 39.5 Å². The molecule has 5 nitrogen and oxygen atoms in total. The van der Waals surface area contributed by atoms with Crippen LogP contribution in [0.25, 0.3) is 0 Å². The van der Waals surface area contributed by atoms with Crippen LogP contribution in [-0.4, -0.2) is 26.6 Å². The van der Waals surface area contributed by atoms with Gasteiger partial charge in [-0.3, -0.25) is 9.10 Å². The molecule has 0 fully saturated rings. The van der Waals surface area contributed by atoms with Gasteiger partial charge < -0.3 is 5.32 Å². The lowest BCUT2D eigenvalue weighted by Gasteiger charge is -2.28. The molecule has 2 rings (SSSR count). The SMILES string of the molecule is C[C@H](C(=O)Nc1ccc(C(F)(F)F)cc1)N(c1cccc(F)c1)S(C)(=O)=O. The molecule has 0 saturated carbocycles. The van der Waals surface area contributed by atoms with Crippen molar-refractivity contribution < 1.29 is 30.8 Å². The minimum absolute atomic E-state index is 0.0485. The highest BCUT2D eigenvalue weighted by Crippen LogP contribution is 2.30. The summed E-state index contributed by atoms with van der Waals surface area (Å²) in [6.07, 6.45) is -3.65. The van der Waals surface area contributed by atoms with Gasteiger partial charge in [-0.2, -0.15) is 13.2 Å². The average Bonchev–Trinajstić information content (AvgIpc) is 2.53. The van der Waals surface area contributed by atoms with Crippen LogP contribution in [0, 0.1) is 5.82 Å². The Morgan fingerprint density at radius 1 is 1.11 bits per heavy atom. The first-order valence-electron chi connectivity index (χ1n) is 7.62. The number of alkyl halides is 3. The van der Waals surface area contributed by atoms with Crippen molar-refractivity contribution in [3.8, 4) is 0 Å². The van der Waals surface area contributed by atoms with E-state index >= 15 is 0 Å². The van der Waals surface area contributed by atoms with E-state index in [1.54, 1.807) is 0 Å². The zero-order chi connectivity index (χ0) is 20.4. The summed E-state index contributed by atoms with van der Waals surface area (Å²) >= 11 is 0. The lowest BCUT2D eigenvalue weighted by molar-refractivity contribution is -0.137. The highest BCUT2D eigenvalue weighted by atomic mass is 32.2. The molecule has 0 heterocycles. The quantitative estimate of drug-likeness (QED) is 0.774. The van der Waals surface area contributed by atoms with E-state index in [9.17, 15) is 30.8 Å². The van der Waals surface area contributed by atoms with E-state index in [0.717, 1.165) is 47.0 Å². The normalized spacial score (nSPS) is 13.1. The van der Waals surface area contributed by atoms with Crippen LogP contribution < -0.4 is 9.62 Å². The third-order valence-electron chi connectivity index (χ3n) is 3.63. The number of hydrogen-bond donors (Lipinski definition) is 1. The molecule has 0 unspecified atom stereocenters. The number of carbonyl (C=O) groups excluding carboxylic acids is 1. The van der Waals surface area contributed by atoms with Gasteiger partial charge in [0.05, 0.1) is 17.5 Å². The van der Waals surface area contributed by atoms with E-state index in [1.807, 2.05) is 0 Å². The Bertz CT molecular complexity index is 928. The van der Waals surface area contributed by atoms with Gasteiger partial charge in [0, 0.05) is 5.69 Å². The molecule has 0 saturated heterocycles. The molecule has 1 atom stereocenters. The van der Waals surface area contributed by atoms with E-state index in [0.29, 0.717) is 0 Å². The summed E-state index contributed by atoms with van der Waals surface area (Å²) in [5.41, 5.74) is -0.869. The van der Waals surface area contributed by atoms with Crippen LogP contribution in [-0.2, 0) is 21.0 Å². The number of nitrogens with one attached hydrogen (secondary N) is 1. The van der Waals surface area contributed by atoms with Crippen LogP contribution in [0.3, 0.4) is 0 Å². The van der Waals surface area contributed by atoms with Gasteiger partial charge in [0.2, 0.25) is 15.9 Å². The highest BCUT2D eigenvalue weighted by Gasteiger charge is 2.31. The van der Waals surface area contributed by atoms with Crippen molar-refractivity contribution >= 4 is 27.3 Å². The topological polar surface area (TPSA) is 66.5 Å². The molecule has 1 amide bonds. The summed E-state index contributed by atoms with van der Waals surface area (Å²) in [7, 11) is -3.94. The van der Waals surface area contributed by atoms with Gasteiger partial charge in [0.15, 0.2) is 0 Å². The molecule has 0 aliphatic rings. The van der Waals surface area contributed by atoms with Crippen LogP contribution in [0.1, 0.15) is 12.5 Å². The maximum atomic E-state index is 13.4. The maximum Gasteiger partial charge on any atom is 0.416 e. The third-order valence-corrected chi connectivity index (χ3v) is 4.87. The molecule has 2 aromatic carbocycles. The van der Waals surface area contributed by atoms with Gasteiger partial charge in [-0.1, -0.05) is 6.07 Å². The van der Waals surface area contributed by atoms with Crippen molar-refractivity contribution in [3.05, 3.63) is 59.9 Å². The highest BCUT2D eigenvalue weighted by molar-refractivity contribution is 7.92. The second kappa shape index (κ2) is 7.55. The Morgan fingerprint density at radius 3 is 2.19 bits per heavy atom. The lowest BCUT2D eigenvalue weighted by Crippen LogP contribution is -2.45. The summed E-state index contributed by atoms with van der Waals surface area (Å²) < 4.78 is 76.1. The fourth-order valence-corrected chi connectivity index (χ4v) is 3.58. The van der Waals surface area contributed by atoms with Crippen LogP contribution >= 0.6 is 0 Å². The number of benzene rings is 2. The Balaban J connectivity index is 2.25. The fraction of sp³-hybridized carbons (Fsp3) is 0.235. The van der Waals surface area contributed by atoms with Gasteiger partial charge in [-0.05, 0) is 49.4 Å². The summed E-state index contributed by atoms with van der Waals surface area (Å²) in [6.45, 7) is 1.28. The van der Waals surface area contributed by atoms with E-state index in [-0.39, 0.29) is 11.4 Å². The molecule has 10 heteroatoms. The first-order chi connectivity index (χ1) is 12.4. The van der Waals surface area contributed by atoms with Crippen molar-refractivity contribution in [1.82, 2.24) is 0 Å². The summed E-state index contributed by atoms with van der Waals surface area (Å²) in [6, 6.07) is 7.13. The standard InChI is InChI=1S/C17H16F4N2O3S/c1-11(23(27(2,25)26)15-5-3-4-13(18)10-15)16(24)22-14-8-6-12(7-9-14)17(19,20)21/h3-11H,1-2H3,(H,22,24)/t11-/m1/s1. The van der Waals surface area contributed by atoms with Crippen molar-refractivity contribution in [3.63, 3.8) is 0 Å². The Labute approximate surface area is 153 Å². The summed E-state index contributed by atoms with van der Waals surface area (Å²) in [5.74, 6) is -1.47. The molecule has 0 bridgehead atoms. The Morgan fingerprint density at radius 2 is 1.70 bits per heavy atom. The molecular formula is C17H16F4N2O3S. The van der Waals surface area contributed by atoms with Gasteiger partial charge in [-0.25, -0.2) is 12.8 Å². The van der Waals surface area contributed by atoms with Crippen molar-refractivity contribution in [1.29, 1.82) is 0 Å². The molecule has 0 aliphatic heterocycles. The van der Waals surface area contributed by atoms with Gasteiger partial charge in [0.25, 0.3) is 0 Å². The number of carbonyl (C=O) groups is 1. The van der Waals surface area contributed by atoms with Crippen molar-refractivity contribution in [2.75, 3.05) is 15.9 Å². The minimum Gasteiger partial charge on any atom is -0.324 e. The van der Waals surface area contributed by atoms with E-state index in [1.165, 1.54) is 19.1 Å². The third kappa shape index (κ3) is 5.19. The second-order valence-corrected chi connectivity index (χ2v) is 7.64. The lowest BCUT2D eigenvalue weighted by atomic mass is 10.2. The molecule has 1 N–H and O–H groups in total. The van der Waals surface area contributed by atoms with Crippen molar-refractivity contribution in [2.24, 2.45) is 0 Å². The Hall–Kier alpha value is -2.62. The van der Waals surface area contributed by atoms with Crippen LogP contribution in [0.15, 0.2) is 48.5 Å². The molecule has 146 valence electrons. The second-order valence-electron chi connectivity index (χ2n) is 5.78. The predicted molar refractivity (Wildman–Crippen MR) is 93.3 cm³/mol. The van der Waals surface area contributed by atoms with Crippen molar-refractivity contribution in [2.45, 2.75) is 19.1 Å². The zero-order valence-electron chi connectivity index (χ0n) is 14.3. The molecule has 0 spiro atoms. The summed E-state index contributed by atoms with van der Waals surface area (Å²) in [5, 5.41) is 2.35. The summed E-state index contributed by atoms with van der Waals surface area (Å²) in [4.78, 5) is 12.4. The number of halogens is 4. The van der Waals surface area contributed by atoms with Gasteiger partial charge in [0.1, 0.15) is 11.9 Å². The number of anilines is 2. The van der Waals surface area contributed by atoms with Gasteiger partial charge in [-0.15, -0.1) is 0 Å². The van der Waals surface area contributed by atoms with Crippen LogP contribution in [0.2, 0.25) is 0 Å². The molecule has 0 aliphatic carbocycles. The monoisotopic (exact) mass is 404 g/mol. The molecule has 27 heavy (non-hydrogen) atoms. The molecule has 2 aromatic rings. The predicted octanol–water partition coefficient (Wildman–Crippen LogP) is 3.64. The number of sulfonamides is 1. The fourth-order valence-electron chi connectivity index (χ4n) is 2.41. The minimum atomic E-state index is -4.51. The molecular weight excluding hydrogens is 388 g/mol. The Kier molecular flexibility index (Phi) is 5.79. The number of hydrogen-bond acceptors (Lipinski definition) is 3.